The number of rotatable bonds is 4. The highest BCUT2D eigenvalue weighted by Crippen LogP contribution is 2.22. The van der Waals surface area contributed by atoms with E-state index in [1.165, 1.54) is 0 Å². The number of nitrogens with one attached hydrogen (secondary N) is 1. The van der Waals surface area contributed by atoms with Crippen molar-refractivity contribution in [3.8, 4) is 0 Å². The summed E-state index contributed by atoms with van der Waals surface area (Å²) in [5.74, 6) is -0.0597. The number of fused-ring (bicyclic) bond motifs is 1. The Bertz CT molecular complexity index is 503. The van der Waals surface area contributed by atoms with Gasteiger partial charge in [0, 0.05) is 6.54 Å². The number of hydrogen-bond donors (Lipinski definition) is 1. The Hall–Kier alpha value is -1.88. The van der Waals surface area contributed by atoms with Gasteiger partial charge in [-0.2, -0.15) is 0 Å². The molecule has 0 spiro atoms. The molecule has 20 heavy (non-hydrogen) atoms. The van der Waals surface area contributed by atoms with Gasteiger partial charge >= 0.3 is 0 Å². The van der Waals surface area contributed by atoms with E-state index in [9.17, 15) is 9.59 Å². The Morgan fingerprint density at radius 2 is 2.05 bits per heavy atom. The molecular weight excluding hydrogens is 256 g/mol. The van der Waals surface area contributed by atoms with Crippen LogP contribution in [0, 0.1) is 0 Å². The Morgan fingerprint density at radius 3 is 2.85 bits per heavy atom. The van der Waals surface area contributed by atoms with Crippen LogP contribution in [0.1, 0.15) is 18.4 Å². The van der Waals surface area contributed by atoms with Crippen molar-refractivity contribution in [3.05, 3.63) is 35.9 Å². The molecule has 0 aliphatic carbocycles. The number of piperazine rings is 1. The van der Waals surface area contributed by atoms with Gasteiger partial charge in [-0.25, -0.2) is 0 Å². The first kappa shape index (κ1) is 13.1. The zero-order valence-electron chi connectivity index (χ0n) is 11.2. The zero-order chi connectivity index (χ0) is 13.9. The first-order valence-corrected chi connectivity index (χ1v) is 6.98. The fourth-order valence-corrected chi connectivity index (χ4v) is 2.81. The lowest BCUT2D eigenvalue weighted by atomic mass is 10.1. The van der Waals surface area contributed by atoms with Crippen LogP contribution in [0.25, 0.3) is 0 Å². The van der Waals surface area contributed by atoms with Gasteiger partial charge in [-0.1, -0.05) is 30.3 Å². The van der Waals surface area contributed by atoms with Gasteiger partial charge in [-0.15, -0.1) is 0 Å². The molecule has 0 saturated carbocycles. The summed E-state index contributed by atoms with van der Waals surface area (Å²) in [6.07, 6.45) is 1.68. The molecule has 2 saturated heterocycles. The number of carbonyl (C=O) groups excluding carboxylic acids is 2. The molecule has 106 valence electrons. The van der Waals surface area contributed by atoms with Crippen molar-refractivity contribution in [3.63, 3.8) is 0 Å². The summed E-state index contributed by atoms with van der Waals surface area (Å²) in [5, 5.41) is 2.77. The lowest BCUT2D eigenvalue weighted by Gasteiger charge is -2.34. The lowest BCUT2D eigenvalue weighted by molar-refractivity contribution is -0.148. The molecule has 3 rings (SSSR count). The number of nitrogens with zero attached hydrogens (tertiary/aromatic N) is 1. The second kappa shape index (κ2) is 5.63. The Kier molecular flexibility index (Phi) is 3.69. The fraction of sp³-hybridized carbons (Fsp3) is 0.467. The van der Waals surface area contributed by atoms with Gasteiger partial charge in [-0.05, 0) is 18.4 Å². The Morgan fingerprint density at radius 1 is 1.25 bits per heavy atom. The molecule has 0 radical (unpaired) electrons. The monoisotopic (exact) mass is 274 g/mol. The van der Waals surface area contributed by atoms with Crippen LogP contribution < -0.4 is 5.32 Å². The predicted octanol–water partition coefficient (Wildman–Crippen LogP) is 0.693. The fourth-order valence-electron chi connectivity index (χ4n) is 2.81. The first-order chi connectivity index (χ1) is 9.75. The van der Waals surface area contributed by atoms with Crippen molar-refractivity contribution in [2.75, 3.05) is 13.2 Å². The van der Waals surface area contributed by atoms with Crippen molar-refractivity contribution in [1.29, 1.82) is 0 Å². The molecular formula is C15H18N2O3. The maximum atomic E-state index is 12.2. The van der Waals surface area contributed by atoms with E-state index in [1.807, 2.05) is 30.3 Å². The van der Waals surface area contributed by atoms with Crippen LogP contribution in [0.5, 0.6) is 0 Å². The van der Waals surface area contributed by atoms with Crippen LogP contribution in [0.2, 0.25) is 0 Å². The first-order valence-electron chi connectivity index (χ1n) is 6.98. The summed E-state index contributed by atoms with van der Waals surface area (Å²) in [7, 11) is 0. The standard InChI is InChI=1S/C15H18N2O3/c18-14-13-7-4-8-17(13)15(19)12(16-14)10-20-9-11-5-2-1-3-6-11/h1-3,5-6,12-13H,4,7-10H2,(H,16,18)/t12-,13+/m0/s1. The maximum Gasteiger partial charge on any atom is 0.248 e. The van der Waals surface area contributed by atoms with Crippen LogP contribution in [0.15, 0.2) is 30.3 Å². The van der Waals surface area contributed by atoms with Crippen LogP contribution >= 0.6 is 0 Å². The normalized spacial score (nSPS) is 25.5. The van der Waals surface area contributed by atoms with Gasteiger partial charge in [0.05, 0.1) is 13.2 Å². The number of ether oxygens (including phenoxy) is 1. The number of benzene rings is 1. The molecule has 0 aromatic heterocycles. The van der Waals surface area contributed by atoms with Crippen molar-refractivity contribution in [2.45, 2.75) is 31.5 Å². The zero-order valence-corrected chi connectivity index (χ0v) is 11.2. The molecule has 5 heteroatoms. The van der Waals surface area contributed by atoms with Gasteiger partial charge in [0.25, 0.3) is 0 Å². The molecule has 2 heterocycles. The molecule has 0 unspecified atom stereocenters. The number of hydrogen-bond acceptors (Lipinski definition) is 3. The van der Waals surface area contributed by atoms with E-state index >= 15 is 0 Å². The van der Waals surface area contributed by atoms with Crippen LogP contribution in [-0.4, -0.2) is 41.9 Å². The van der Waals surface area contributed by atoms with Crippen molar-refractivity contribution < 1.29 is 14.3 Å². The third-order valence-electron chi connectivity index (χ3n) is 3.85. The number of amides is 2. The summed E-state index contributed by atoms with van der Waals surface area (Å²) >= 11 is 0. The Balaban J connectivity index is 1.55. The summed E-state index contributed by atoms with van der Waals surface area (Å²) in [6, 6.07) is 8.98. The summed E-state index contributed by atoms with van der Waals surface area (Å²) < 4.78 is 5.56. The summed E-state index contributed by atoms with van der Waals surface area (Å²) in [5.41, 5.74) is 1.06. The Labute approximate surface area is 117 Å². The molecule has 2 aliphatic heterocycles. The molecule has 1 aromatic rings. The topological polar surface area (TPSA) is 58.6 Å². The lowest BCUT2D eigenvalue weighted by Crippen LogP contribution is -2.62. The molecule has 2 aliphatic rings. The highest BCUT2D eigenvalue weighted by atomic mass is 16.5. The second-order valence-corrected chi connectivity index (χ2v) is 5.25. The molecule has 1 aromatic carbocycles. The molecule has 2 atom stereocenters. The van der Waals surface area contributed by atoms with Crippen LogP contribution in [0.4, 0.5) is 0 Å². The average Bonchev–Trinajstić information content (AvgIpc) is 2.95. The van der Waals surface area contributed by atoms with E-state index in [0.717, 1.165) is 18.4 Å². The van der Waals surface area contributed by atoms with Gasteiger partial charge in [0.15, 0.2) is 0 Å². The van der Waals surface area contributed by atoms with E-state index < -0.39 is 6.04 Å². The second-order valence-electron chi connectivity index (χ2n) is 5.25. The number of carbonyl (C=O) groups is 2. The minimum Gasteiger partial charge on any atom is -0.374 e. The predicted molar refractivity (Wildman–Crippen MR) is 72.8 cm³/mol. The molecule has 2 fully saturated rings. The van der Waals surface area contributed by atoms with E-state index in [1.54, 1.807) is 4.90 Å². The smallest absolute Gasteiger partial charge is 0.248 e. The third-order valence-corrected chi connectivity index (χ3v) is 3.85. The highest BCUT2D eigenvalue weighted by Gasteiger charge is 2.42. The van der Waals surface area contributed by atoms with E-state index in [0.29, 0.717) is 13.2 Å². The average molecular weight is 274 g/mol. The minimum absolute atomic E-state index is 0.0137. The van der Waals surface area contributed by atoms with Gasteiger partial charge in [-0.3, -0.25) is 9.59 Å². The quantitative estimate of drug-likeness (QED) is 0.879. The minimum atomic E-state index is -0.541. The molecule has 0 bridgehead atoms. The highest BCUT2D eigenvalue weighted by molar-refractivity contribution is 5.97. The molecule has 1 N–H and O–H groups in total. The van der Waals surface area contributed by atoms with E-state index in [4.69, 9.17) is 4.74 Å². The van der Waals surface area contributed by atoms with Gasteiger partial charge < -0.3 is 15.0 Å². The van der Waals surface area contributed by atoms with E-state index in [-0.39, 0.29) is 24.5 Å². The van der Waals surface area contributed by atoms with Gasteiger partial charge in [0.1, 0.15) is 12.1 Å². The van der Waals surface area contributed by atoms with Crippen molar-refractivity contribution in [2.24, 2.45) is 0 Å². The summed E-state index contributed by atoms with van der Waals surface area (Å²) in [6.45, 7) is 1.36. The van der Waals surface area contributed by atoms with Crippen molar-refractivity contribution >= 4 is 11.8 Å². The van der Waals surface area contributed by atoms with Crippen molar-refractivity contribution in [1.82, 2.24) is 10.2 Å². The SMILES string of the molecule is O=C1N[C@@H](COCc2ccccc2)C(=O)N2CCC[C@H]12. The largest absolute Gasteiger partial charge is 0.374 e. The van der Waals surface area contributed by atoms with Gasteiger partial charge in [0.2, 0.25) is 11.8 Å². The van der Waals surface area contributed by atoms with Crippen LogP contribution in [-0.2, 0) is 20.9 Å². The molecule has 5 nitrogen and oxygen atoms in total. The molecule has 2 amide bonds. The van der Waals surface area contributed by atoms with Crippen LogP contribution in [0.3, 0.4) is 0 Å². The maximum absolute atomic E-state index is 12.2. The summed E-state index contributed by atoms with van der Waals surface area (Å²) in [4.78, 5) is 25.8. The van der Waals surface area contributed by atoms with E-state index in [2.05, 4.69) is 5.32 Å². The third kappa shape index (κ3) is 2.54.